The molecule has 0 spiro atoms. The number of benzene rings is 2. The summed E-state index contributed by atoms with van der Waals surface area (Å²) in [6.07, 6.45) is 10.0. The Kier molecular flexibility index (Phi) is 8.81. The molecule has 0 saturated carbocycles. The number of hydrogen-bond acceptors (Lipinski definition) is 0. The molecule has 0 heterocycles. The molecule has 38 heavy (non-hydrogen) atoms. The second-order valence-electron chi connectivity index (χ2n) is 13.4. The zero-order chi connectivity index (χ0) is 27.9. The molecule has 206 valence electrons. The van der Waals surface area contributed by atoms with Gasteiger partial charge in [0.2, 0.25) is 0 Å². The van der Waals surface area contributed by atoms with E-state index in [-0.39, 0.29) is 0 Å². The third-order valence-electron chi connectivity index (χ3n) is 9.53. The summed E-state index contributed by atoms with van der Waals surface area (Å²) in [4.78, 5) is 0. The molecular weight excluding hydrogens is 456 g/mol. The molecule has 2 aromatic carbocycles. The van der Waals surface area contributed by atoms with Crippen LogP contribution in [-0.4, -0.2) is 0 Å². The van der Waals surface area contributed by atoms with Crippen molar-refractivity contribution in [3.8, 4) is 0 Å². The Bertz CT molecular complexity index is 1120. The van der Waals surface area contributed by atoms with Crippen molar-refractivity contribution in [2.24, 2.45) is 5.92 Å². The van der Waals surface area contributed by atoms with Gasteiger partial charge in [0.15, 0.2) is 0 Å². The Morgan fingerprint density at radius 3 is 1.24 bits per heavy atom. The topological polar surface area (TPSA) is 0 Å². The van der Waals surface area contributed by atoms with Crippen molar-refractivity contribution < 1.29 is 0 Å². The van der Waals surface area contributed by atoms with Gasteiger partial charge < -0.3 is 0 Å². The smallest absolute Gasteiger partial charge is 0.00947 e. The number of hydrogen-bond donors (Lipinski definition) is 0. The highest BCUT2D eigenvalue weighted by Crippen LogP contribution is 2.56. The quantitative estimate of drug-likeness (QED) is 0.298. The largest absolute Gasteiger partial charge is 0.0654 e. The Labute approximate surface area is 235 Å². The third-order valence-corrected chi connectivity index (χ3v) is 9.53. The maximum Gasteiger partial charge on any atom is 0.00947 e. The molecule has 2 aliphatic rings. The van der Waals surface area contributed by atoms with E-state index in [9.17, 15) is 0 Å². The van der Waals surface area contributed by atoms with Crippen molar-refractivity contribution in [3.63, 3.8) is 0 Å². The second kappa shape index (κ2) is 11.6. The molecule has 2 aliphatic carbocycles. The molecule has 0 aliphatic heterocycles. The normalized spacial score (nSPS) is 19.4. The van der Waals surface area contributed by atoms with E-state index in [1.807, 2.05) is 0 Å². The van der Waals surface area contributed by atoms with Crippen LogP contribution < -0.4 is 0 Å². The molecule has 0 fully saturated rings. The molecule has 0 nitrogen and oxygen atoms in total. The average molecular weight is 511 g/mol. The molecule has 0 N–H and O–H groups in total. The Morgan fingerprint density at radius 2 is 0.947 bits per heavy atom. The highest BCUT2D eigenvalue weighted by Gasteiger charge is 2.41. The molecular formula is C38H54. The summed E-state index contributed by atoms with van der Waals surface area (Å²) in [7, 11) is 0. The molecule has 0 aromatic heterocycles. The van der Waals surface area contributed by atoms with Crippen LogP contribution in [-0.2, 0) is 0 Å². The molecule has 0 saturated heterocycles. The lowest BCUT2D eigenvalue weighted by molar-refractivity contribution is 0.376. The summed E-state index contributed by atoms with van der Waals surface area (Å²) >= 11 is 0. The Hall–Kier alpha value is -2.08. The first kappa shape index (κ1) is 28.9. The highest BCUT2D eigenvalue weighted by atomic mass is 14.4. The SMILES string of the molecule is CCCC(C1C(CC)=Cc2c(C(C)C)cc(C(C)C)cc21)C1C(CC)=Cc2c(C(C)C)cc(C(C)C)cc21. The van der Waals surface area contributed by atoms with Crippen molar-refractivity contribution in [3.05, 3.63) is 79.9 Å². The Morgan fingerprint density at radius 1 is 0.553 bits per heavy atom. The van der Waals surface area contributed by atoms with E-state index >= 15 is 0 Å². The summed E-state index contributed by atoms with van der Waals surface area (Å²) in [6, 6.07) is 10.2. The molecule has 0 radical (unpaired) electrons. The van der Waals surface area contributed by atoms with E-state index < -0.39 is 0 Å². The van der Waals surface area contributed by atoms with Crippen LogP contribution in [0.15, 0.2) is 35.4 Å². The van der Waals surface area contributed by atoms with E-state index in [1.54, 1.807) is 44.5 Å². The molecule has 2 atom stereocenters. The van der Waals surface area contributed by atoms with E-state index in [2.05, 4.69) is 113 Å². The number of fused-ring (bicyclic) bond motifs is 2. The molecule has 0 bridgehead atoms. The van der Waals surface area contributed by atoms with Crippen LogP contribution in [0.25, 0.3) is 12.2 Å². The van der Waals surface area contributed by atoms with Crippen molar-refractivity contribution in [1.29, 1.82) is 0 Å². The van der Waals surface area contributed by atoms with Crippen LogP contribution in [0.3, 0.4) is 0 Å². The van der Waals surface area contributed by atoms with E-state index in [0.717, 1.165) is 12.8 Å². The lowest BCUT2D eigenvalue weighted by atomic mass is 9.68. The second-order valence-corrected chi connectivity index (χ2v) is 13.4. The zero-order valence-corrected chi connectivity index (χ0v) is 26.3. The fourth-order valence-electron chi connectivity index (χ4n) is 7.38. The van der Waals surface area contributed by atoms with E-state index in [4.69, 9.17) is 0 Å². The van der Waals surface area contributed by atoms with Gasteiger partial charge in [0.1, 0.15) is 0 Å². The molecule has 0 heteroatoms. The van der Waals surface area contributed by atoms with Crippen LogP contribution in [0.4, 0.5) is 0 Å². The predicted molar refractivity (Wildman–Crippen MR) is 170 cm³/mol. The van der Waals surface area contributed by atoms with Crippen LogP contribution >= 0.6 is 0 Å². The van der Waals surface area contributed by atoms with Gasteiger partial charge >= 0.3 is 0 Å². The van der Waals surface area contributed by atoms with E-state index in [1.165, 1.54) is 24.0 Å². The summed E-state index contributed by atoms with van der Waals surface area (Å²) in [6.45, 7) is 26.1. The molecule has 2 unspecified atom stereocenters. The number of allylic oxidation sites excluding steroid dienone is 2. The van der Waals surface area contributed by atoms with Crippen LogP contribution in [0.2, 0.25) is 0 Å². The molecule has 4 rings (SSSR count). The maximum atomic E-state index is 2.61. The number of rotatable bonds is 10. The summed E-state index contributed by atoms with van der Waals surface area (Å²) in [5.74, 6) is 3.82. The first-order valence-corrected chi connectivity index (χ1v) is 15.8. The fraction of sp³-hybridized carbons (Fsp3) is 0.579. The van der Waals surface area contributed by atoms with Crippen molar-refractivity contribution in [1.82, 2.24) is 0 Å². The van der Waals surface area contributed by atoms with Crippen LogP contribution in [0.1, 0.15) is 182 Å². The first-order chi connectivity index (χ1) is 18.0. The summed E-state index contributed by atoms with van der Waals surface area (Å²) in [5, 5.41) is 0. The zero-order valence-electron chi connectivity index (χ0n) is 26.3. The predicted octanol–water partition coefficient (Wildman–Crippen LogP) is 12.1. The molecule has 2 aromatic rings. The highest BCUT2D eigenvalue weighted by molar-refractivity contribution is 5.74. The van der Waals surface area contributed by atoms with Crippen LogP contribution in [0, 0.1) is 5.92 Å². The van der Waals surface area contributed by atoms with Gasteiger partial charge in [-0.1, -0.05) is 130 Å². The van der Waals surface area contributed by atoms with Crippen molar-refractivity contribution >= 4 is 12.2 Å². The lowest BCUT2D eigenvalue weighted by Gasteiger charge is -2.35. The van der Waals surface area contributed by atoms with Gasteiger partial charge in [0.25, 0.3) is 0 Å². The minimum absolute atomic E-state index is 0.516. The van der Waals surface area contributed by atoms with E-state index in [0.29, 0.717) is 41.4 Å². The van der Waals surface area contributed by atoms with Gasteiger partial charge in [0, 0.05) is 11.8 Å². The van der Waals surface area contributed by atoms with Crippen LogP contribution in [0.5, 0.6) is 0 Å². The summed E-state index contributed by atoms with van der Waals surface area (Å²) < 4.78 is 0. The first-order valence-electron chi connectivity index (χ1n) is 15.8. The van der Waals surface area contributed by atoms with Crippen molar-refractivity contribution in [2.45, 2.75) is 137 Å². The van der Waals surface area contributed by atoms with Gasteiger partial charge in [0.05, 0.1) is 0 Å². The van der Waals surface area contributed by atoms with Gasteiger partial charge in [-0.2, -0.15) is 0 Å². The fourth-order valence-corrected chi connectivity index (χ4v) is 7.38. The average Bonchev–Trinajstić information content (AvgIpc) is 3.43. The molecule has 0 amide bonds. The summed E-state index contributed by atoms with van der Waals surface area (Å²) in [5.41, 5.74) is 15.8. The lowest BCUT2D eigenvalue weighted by Crippen LogP contribution is -2.22. The maximum absolute atomic E-state index is 2.61. The van der Waals surface area contributed by atoms with Gasteiger partial charge in [-0.25, -0.2) is 0 Å². The monoisotopic (exact) mass is 510 g/mol. The van der Waals surface area contributed by atoms with Crippen molar-refractivity contribution in [2.75, 3.05) is 0 Å². The van der Waals surface area contributed by atoms with Gasteiger partial charge in [-0.15, -0.1) is 0 Å². The minimum Gasteiger partial charge on any atom is -0.0654 e. The minimum atomic E-state index is 0.516. The van der Waals surface area contributed by atoms with Gasteiger partial charge in [-0.3, -0.25) is 0 Å². The standard InChI is InChI=1S/C38H54/c1-12-15-30(37-26(13-2)16-33-31(24(8)9)18-28(22(4)5)20-35(33)37)38-27(14-3)17-34-32(25(10)11)19-29(23(6)7)21-36(34)38/h16-25,30,37-38H,12-15H2,1-11H3. The Balaban J connectivity index is 1.96. The third kappa shape index (κ3) is 5.10. The van der Waals surface area contributed by atoms with Gasteiger partial charge in [-0.05, 0) is 93.4 Å².